The zero-order chi connectivity index (χ0) is 24.2. The van der Waals surface area contributed by atoms with E-state index in [2.05, 4.69) is 76.7 Å². The Bertz CT molecular complexity index is 519. The Labute approximate surface area is 269 Å². The van der Waals surface area contributed by atoms with E-state index in [1.54, 1.807) is 0 Å². The molecule has 2 saturated heterocycles. The number of halogens is 6. The van der Waals surface area contributed by atoms with Gasteiger partial charge in [0.2, 0.25) is 0 Å². The Hall–Kier alpha value is 1.42. The molecule has 0 unspecified atom stereocenters. The molecule has 0 spiro atoms. The molecule has 238 valence electrons. The highest BCUT2D eigenvalue weighted by molar-refractivity contribution is 5.86. The number of nitrogens with zero attached hydrogens (tertiary/aromatic N) is 2. The third-order valence-electron chi connectivity index (χ3n) is 7.23. The summed E-state index contributed by atoms with van der Waals surface area (Å²) in [4.78, 5) is 0. The van der Waals surface area contributed by atoms with Gasteiger partial charge < -0.3 is 31.7 Å². The molecule has 0 amide bonds. The van der Waals surface area contributed by atoms with Crippen LogP contribution in [0.4, 0.5) is 0 Å². The summed E-state index contributed by atoms with van der Waals surface area (Å²) in [5, 5.41) is 38.2. The lowest BCUT2D eigenvalue weighted by Crippen LogP contribution is -2.62. The van der Waals surface area contributed by atoms with Gasteiger partial charge in [0.05, 0.1) is 0 Å². The lowest BCUT2D eigenvalue weighted by molar-refractivity contribution is -0.246. The van der Waals surface area contributed by atoms with Crippen molar-refractivity contribution in [3.8, 4) is 0 Å². The molecule has 8 nitrogen and oxygen atoms in total. The Morgan fingerprint density at radius 3 is 0.921 bits per heavy atom. The zero-order valence-corrected chi connectivity index (χ0v) is 29.4. The zero-order valence-electron chi connectivity index (χ0n) is 24.5. The summed E-state index contributed by atoms with van der Waals surface area (Å²) in [6, 6.07) is 0.865. The molecule has 0 aromatic carbocycles. The highest BCUT2D eigenvalue weighted by atomic mass is 35.5. The van der Waals surface area contributed by atoms with Gasteiger partial charge in [0, 0.05) is 73.5 Å². The predicted octanol–water partition coefficient (Wildman–Crippen LogP) is 4.70. The standard InChI is InChI=1S/C24H52N6O2.6ClH/c1-21(2)15-19(16-22(3,4)29(21)31)27-13-11-25-9-10-26-12-14-28-20-17-23(5,6)30(32)24(7,8)18-20;;;;;;/h19-20,25-28,31-32H,9-18H2,1-8H3;6*1H. The molecule has 2 fully saturated rings. The van der Waals surface area contributed by atoms with E-state index >= 15 is 0 Å². The van der Waals surface area contributed by atoms with Crippen molar-refractivity contribution in [2.75, 3.05) is 39.3 Å². The highest BCUT2D eigenvalue weighted by Crippen LogP contribution is 2.37. The summed E-state index contributed by atoms with van der Waals surface area (Å²) >= 11 is 0. The molecule has 0 aliphatic carbocycles. The van der Waals surface area contributed by atoms with E-state index in [1.165, 1.54) is 10.1 Å². The summed E-state index contributed by atoms with van der Waals surface area (Å²) < 4.78 is 0. The molecule has 38 heavy (non-hydrogen) atoms. The first-order chi connectivity index (χ1) is 14.7. The van der Waals surface area contributed by atoms with Crippen molar-refractivity contribution in [3.63, 3.8) is 0 Å². The van der Waals surface area contributed by atoms with Gasteiger partial charge in [-0.3, -0.25) is 0 Å². The van der Waals surface area contributed by atoms with Gasteiger partial charge in [0.1, 0.15) is 0 Å². The summed E-state index contributed by atoms with van der Waals surface area (Å²) in [6.07, 6.45) is 3.81. The van der Waals surface area contributed by atoms with Crippen LogP contribution in [0.3, 0.4) is 0 Å². The topological polar surface area (TPSA) is 95.1 Å². The number of nitrogens with one attached hydrogen (secondary N) is 4. The smallest absolute Gasteiger partial charge is 0.0425 e. The lowest BCUT2D eigenvalue weighted by Gasteiger charge is -2.51. The highest BCUT2D eigenvalue weighted by Gasteiger charge is 2.45. The van der Waals surface area contributed by atoms with Gasteiger partial charge in [0.25, 0.3) is 0 Å². The van der Waals surface area contributed by atoms with Crippen LogP contribution in [0.5, 0.6) is 0 Å². The molecule has 2 aliphatic heterocycles. The second-order valence-corrected chi connectivity index (χ2v) is 12.5. The lowest BCUT2D eigenvalue weighted by atomic mass is 9.79. The molecule has 0 saturated carbocycles. The van der Waals surface area contributed by atoms with Crippen LogP contribution < -0.4 is 21.3 Å². The molecular formula is C24H58Cl6N6O2. The molecule has 2 aliphatic rings. The van der Waals surface area contributed by atoms with Crippen molar-refractivity contribution in [3.05, 3.63) is 0 Å². The molecule has 0 radical (unpaired) electrons. The molecule has 0 atom stereocenters. The summed E-state index contributed by atoms with van der Waals surface area (Å²) in [5.41, 5.74) is -0.812. The quantitative estimate of drug-likeness (QED) is 0.176. The van der Waals surface area contributed by atoms with Gasteiger partial charge in [0.15, 0.2) is 0 Å². The molecule has 0 bridgehead atoms. The van der Waals surface area contributed by atoms with Crippen molar-refractivity contribution in [1.29, 1.82) is 0 Å². The Balaban J connectivity index is -0.000000605. The average molecular weight is 675 g/mol. The number of hydrogen-bond donors (Lipinski definition) is 6. The van der Waals surface area contributed by atoms with E-state index in [-0.39, 0.29) is 96.6 Å². The van der Waals surface area contributed by atoms with Crippen molar-refractivity contribution in [2.45, 2.75) is 115 Å². The van der Waals surface area contributed by atoms with Crippen LogP contribution in [0.1, 0.15) is 81.1 Å². The van der Waals surface area contributed by atoms with E-state index in [0.717, 1.165) is 65.0 Å². The van der Waals surface area contributed by atoms with Gasteiger partial charge in [-0.1, -0.05) is 0 Å². The average Bonchev–Trinajstić information content (AvgIpc) is 2.64. The first-order valence-electron chi connectivity index (χ1n) is 12.5. The van der Waals surface area contributed by atoms with E-state index in [4.69, 9.17) is 0 Å². The van der Waals surface area contributed by atoms with Gasteiger partial charge in [-0.2, -0.15) is 10.1 Å². The monoisotopic (exact) mass is 672 g/mol. The third kappa shape index (κ3) is 14.5. The molecular weight excluding hydrogens is 617 g/mol. The minimum atomic E-state index is -0.203. The molecule has 0 aromatic heterocycles. The summed E-state index contributed by atoms with van der Waals surface area (Å²) in [7, 11) is 0. The fraction of sp³-hybridized carbons (Fsp3) is 1.00. The molecule has 2 heterocycles. The SMILES string of the molecule is CC1(C)CC(NCCNCCNCCNC2CC(C)(C)N(O)C(C)(C)C2)CC(C)(C)N1O.Cl.Cl.Cl.Cl.Cl.Cl. The van der Waals surface area contributed by atoms with Gasteiger partial charge in [-0.05, 0) is 81.1 Å². The van der Waals surface area contributed by atoms with E-state index < -0.39 is 0 Å². The Morgan fingerprint density at radius 2 is 0.684 bits per heavy atom. The number of rotatable bonds is 11. The normalized spacial score (nSPS) is 22.3. The number of hydroxylamine groups is 4. The first-order valence-corrected chi connectivity index (χ1v) is 12.5. The minimum Gasteiger partial charge on any atom is -0.314 e. The largest absolute Gasteiger partial charge is 0.314 e. The molecule has 6 N–H and O–H groups in total. The van der Waals surface area contributed by atoms with Crippen LogP contribution in [0.25, 0.3) is 0 Å². The van der Waals surface area contributed by atoms with Crippen molar-refractivity contribution in [2.24, 2.45) is 0 Å². The van der Waals surface area contributed by atoms with Crippen LogP contribution in [0, 0.1) is 0 Å². The maximum atomic E-state index is 10.4. The van der Waals surface area contributed by atoms with E-state index in [9.17, 15) is 10.4 Å². The first kappa shape index (κ1) is 49.1. The Kier molecular flexibility index (Phi) is 26.3. The van der Waals surface area contributed by atoms with Crippen molar-refractivity contribution < 1.29 is 10.4 Å². The van der Waals surface area contributed by atoms with Crippen LogP contribution in [0.2, 0.25) is 0 Å². The van der Waals surface area contributed by atoms with Crippen molar-refractivity contribution >= 4 is 74.4 Å². The fourth-order valence-electron chi connectivity index (χ4n) is 5.99. The van der Waals surface area contributed by atoms with Crippen LogP contribution in [-0.4, -0.2) is 94.0 Å². The fourth-order valence-corrected chi connectivity index (χ4v) is 5.99. The number of hydrogen-bond acceptors (Lipinski definition) is 8. The predicted molar refractivity (Wildman–Crippen MR) is 175 cm³/mol. The third-order valence-corrected chi connectivity index (χ3v) is 7.23. The van der Waals surface area contributed by atoms with Gasteiger partial charge in [-0.25, -0.2) is 0 Å². The van der Waals surface area contributed by atoms with Gasteiger partial charge in [-0.15, -0.1) is 74.4 Å². The summed E-state index contributed by atoms with van der Waals surface area (Å²) in [6.45, 7) is 22.6. The van der Waals surface area contributed by atoms with Crippen LogP contribution in [-0.2, 0) is 0 Å². The number of piperidine rings is 2. The molecule has 14 heteroatoms. The van der Waals surface area contributed by atoms with Gasteiger partial charge >= 0.3 is 0 Å². The maximum Gasteiger partial charge on any atom is 0.0425 e. The summed E-state index contributed by atoms with van der Waals surface area (Å²) in [5.74, 6) is 0. The second kappa shape index (κ2) is 20.3. The van der Waals surface area contributed by atoms with Crippen molar-refractivity contribution in [1.82, 2.24) is 31.4 Å². The van der Waals surface area contributed by atoms with Crippen LogP contribution >= 0.6 is 74.4 Å². The van der Waals surface area contributed by atoms with Crippen LogP contribution in [0.15, 0.2) is 0 Å². The maximum absolute atomic E-state index is 10.4. The van der Waals surface area contributed by atoms with E-state index in [0.29, 0.717) is 12.1 Å². The van der Waals surface area contributed by atoms with E-state index in [1.807, 2.05) is 0 Å². The molecule has 2 rings (SSSR count). The second-order valence-electron chi connectivity index (χ2n) is 12.5. The molecule has 0 aromatic rings. The minimum absolute atomic E-state index is 0. The Morgan fingerprint density at radius 1 is 0.474 bits per heavy atom.